The van der Waals surface area contributed by atoms with Crippen LogP contribution in [0, 0.1) is 19.8 Å². The van der Waals surface area contributed by atoms with Gasteiger partial charge < -0.3 is 9.42 Å². The molecule has 3 rings (SSSR count). The second-order valence-corrected chi connectivity index (χ2v) is 5.66. The summed E-state index contributed by atoms with van der Waals surface area (Å²) in [5.74, 6) is 1.66. The molecule has 1 amide bonds. The van der Waals surface area contributed by atoms with E-state index in [1.807, 2.05) is 24.0 Å². The van der Waals surface area contributed by atoms with Crippen molar-refractivity contribution in [2.75, 3.05) is 13.1 Å². The van der Waals surface area contributed by atoms with Crippen LogP contribution in [0.2, 0.25) is 0 Å². The highest BCUT2D eigenvalue weighted by Gasteiger charge is 2.37. The number of hydrogen-bond acceptors (Lipinski definition) is 5. The molecule has 1 saturated heterocycles. The molecule has 0 saturated carbocycles. The van der Waals surface area contributed by atoms with Crippen molar-refractivity contribution in [3.8, 4) is 0 Å². The summed E-state index contributed by atoms with van der Waals surface area (Å²) in [6.07, 6.45) is 1.63. The van der Waals surface area contributed by atoms with Gasteiger partial charge in [0.2, 0.25) is 5.89 Å². The van der Waals surface area contributed by atoms with E-state index in [1.165, 1.54) is 0 Å². The Bertz CT molecular complexity index is 650. The number of carbonyl (C=O) groups excluding carboxylic acids is 1. The van der Waals surface area contributed by atoms with Crippen molar-refractivity contribution in [1.82, 2.24) is 20.0 Å². The van der Waals surface area contributed by atoms with Crippen LogP contribution >= 0.6 is 0 Å². The number of pyridine rings is 1. The molecule has 1 aliphatic rings. The first-order valence-corrected chi connectivity index (χ1v) is 7.06. The quantitative estimate of drug-likeness (QED) is 0.843. The molecule has 0 spiro atoms. The fourth-order valence-electron chi connectivity index (χ4n) is 2.69. The van der Waals surface area contributed by atoms with Gasteiger partial charge in [-0.05, 0) is 31.9 Å². The lowest BCUT2D eigenvalue weighted by molar-refractivity contribution is 0.0785. The van der Waals surface area contributed by atoms with Crippen molar-refractivity contribution in [2.24, 2.45) is 5.92 Å². The van der Waals surface area contributed by atoms with Crippen LogP contribution in [0.15, 0.2) is 22.9 Å². The Morgan fingerprint density at radius 2 is 2.14 bits per heavy atom. The summed E-state index contributed by atoms with van der Waals surface area (Å²) >= 11 is 0. The van der Waals surface area contributed by atoms with Gasteiger partial charge in [0, 0.05) is 25.0 Å². The van der Waals surface area contributed by atoms with Crippen molar-refractivity contribution in [2.45, 2.75) is 26.7 Å². The topological polar surface area (TPSA) is 72.1 Å². The van der Waals surface area contributed by atoms with Crippen LogP contribution in [0.3, 0.4) is 0 Å². The molecule has 6 nitrogen and oxygen atoms in total. The number of aromatic nitrogens is 3. The van der Waals surface area contributed by atoms with E-state index in [1.54, 1.807) is 13.1 Å². The zero-order chi connectivity index (χ0) is 15.0. The van der Waals surface area contributed by atoms with Gasteiger partial charge in [-0.25, -0.2) is 0 Å². The van der Waals surface area contributed by atoms with E-state index in [2.05, 4.69) is 22.0 Å². The number of amides is 1. The Morgan fingerprint density at radius 1 is 1.33 bits per heavy atom. The van der Waals surface area contributed by atoms with Gasteiger partial charge in [-0.2, -0.15) is 4.98 Å². The summed E-state index contributed by atoms with van der Waals surface area (Å²) in [6, 6.07) is 3.67. The van der Waals surface area contributed by atoms with E-state index in [4.69, 9.17) is 4.52 Å². The normalized spacial score (nSPS) is 21.8. The summed E-state index contributed by atoms with van der Waals surface area (Å²) in [6.45, 7) is 7.10. The summed E-state index contributed by atoms with van der Waals surface area (Å²) in [7, 11) is 0. The van der Waals surface area contributed by atoms with Crippen molar-refractivity contribution < 1.29 is 9.32 Å². The average molecular weight is 286 g/mol. The van der Waals surface area contributed by atoms with Crippen LogP contribution in [0.4, 0.5) is 0 Å². The van der Waals surface area contributed by atoms with Crippen molar-refractivity contribution in [1.29, 1.82) is 0 Å². The molecular weight excluding hydrogens is 268 g/mol. The number of likely N-dealkylation sites (tertiary alicyclic amines) is 1. The third-order valence-electron chi connectivity index (χ3n) is 3.92. The van der Waals surface area contributed by atoms with Crippen LogP contribution < -0.4 is 0 Å². The van der Waals surface area contributed by atoms with Gasteiger partial charge in [0.1, 0.15) is 0 Å². The second-order valence-electron chi connectivity index (χ2n) is 5.66. The first kappa shape index (κ1) is 13.7. The van der Waals surface area contributed by atoms with Crippen molar-refractivity contribution in [3.63, 3.8) is 0 Å². The highest BCUT2D eigenvalue weighted by molar-refractivity contribution is 5.94. The molecule has 0 N–H and O–H groups in total. The zero-order valence-corrected chi connectivity index (χ0v) is 12.4. The third kappa shape index (κ3) is 2.66. The number of hydrogen-bond donors (Lipinski definition) is 0. The van der Waals surface area contributed by atoms with E-state index in [9.17, 15) is 4.79 Å². The minimum Gasteiger partial charge on any atom is -0.339 e. The maximum absolute atomic E-state index is 12.5. The Balaban J connectivity index is 1.76. The lowest BCUT2D eigenvalue weighted by Gasteiger charge is -2.15. The van der Waals surface area contributed by atoms with Crippen molar-refractivity contribution in [3.05, 3.63) is 41.3 Å². The Kier molecular flexibility index (Phi) is 3.45. The lowest BCUT2D eigenvalue weighted by atomic mass is 9.98. The first-order valence-electron chi connectivity index (χ1n) is 7.06. The summed E-state index contributed by atoms with van der Waals surface area (Å²) in [5.41, 5.74) is 1.52. The number of rotatable bonds is 2. The van der Waals surface area contributed by atoms with Crippen molar-refractivity contribution >= 4 is 5.91 Å². The molecule has 2 aromatic rings. The average Bonchev–Trinajstić information content (AvgIpc) is 3.05. The molecule has 0 aliphatic carbocycles. The van der Waals surface area contributed by atoms with Gasteiger partial charge in [0.05, 0.1) is 11.5 Å². The van der Waals surface area contributed by atoms with Gasteiger partial charge in [0.15, 0.2) is 5.82 Å². The number of carbonyl (C=O) groups is 1. The predicted octanol–water partition coefficient (Wildman–Crippen LogP) is 1.96. The minimum absolute atomic E-state index is 0.00749. The Hall–Kier alpha value is -2.24. The van der Waals surface area contributed by atoms with E-state index in [0.29, 0.717) is 36.3 Å². The molecule has 1 fully saturated rings. The molecule has 3 heterocycles. The van der Waals surface area contributed by atoms with Crippen LogP contribution in [0.25, 0.3) is 0 Å². The molecular formula is C15H18N4O2. The number of nitrogens with zero attached hydrogens (tertiary/aromatic N) is 4. The molecule has 2 unspecified atom stereocenters. The van der Waals surface area contributed by atoms with Crippen LogP contribution in [-0.4, -0.2) is 39.0 Å². The molecule has 0 bridgehead atoms. The first-order chi connectivity index (χ1) is 10.0. The van der Waals surface area contributed by atoms with Gasteiger partial charge in [-0.1, -0.05) is 12.1 Å². The number of aryl methyl sites for hydroxylation is 2. The van der Waals surface area contributed by atoms with Gasteiger partial charge >= 0.3 is 0 Å². The van der Waals surface area contributed by atoms with E-state index in [-0.39, 0.29) is 11.8 Å². The van der Waals surface area contributed by atoms with Gasteiger partial charge in [-0.3, -0.25) is 9.78 Å². The largest absolute Gasteiger partial charge is 0.339 e. The van der Waals surface area contributed by atoms with E-state index < -0.39 is 0 Å². The summed E-state index contributed by atoms with van der Waals surface area (Å²) in [5, 5.41) is 3.83. The standard InChI is InChI=1S/C15H18N4O2/c1-9-7-19(8-13(9)14-17-11(3)18-21-14)15(20)12-5-4-10(2)16-6-12/h4-6,9,13H,7-8H2,1-3H3. The molecule has 0 radical (unpaired) electrons. The minimum atomic E-state index is 0.00749. The van der Waals surface area contributed by atoms with E-state index >= 15 is 0 Å². The molecule has 2 atom stereocenters. The molecule has 110 valence electrons. The lowest BCUT2D eigenvalue weighted by Crippen LogP contribution is -2.29. The van der Waals surface area contributed by atoms with Gasteiger partial charge in [-0.15, -0.1) is 0 Å². The van der Waals surface area contributed by atoms with Crippen LogP contribution in [0.5, 0.6) is 0 Å². The molecule has 21 heavy (non-hydrogen) atoms. The van der Waals surface area contributed by atoms with Crippen LogP contribution in [0.1, 0.15) is 40.6 Å². The van der Waals surface area contributed by atoms with E-state index in [0.717, 1.165) is 5.69 Å². The zero-order valence-electron chi connectivity index (χ0n) is 12.4. The Morgan fingerprint density at radius 3 is 2.76 bits per heavy atom. The SMILES string of the molecule is Cc1ccc(C(=O)N2CC(C)C(c3nc(C)no3)C2)cn1. The summed E-state index contributed by atoms with van der Waals surface area (Å²) < 4.78 is 5.26. The second kappa shape index (κ2) is 5.27. The molecule has 1 aliphatic heterocycles. The fourth-order valence-corrected chi connectivity index (χ4v) is 2.69. The Labute approximate surface area is 123 Å². The maximum atomic E-state index is 12.5. The summed E-state index contributed by atoms with van der Waals surface area (Å²) in [4.78, 5) is 22.8. The highest BCUT2D eigenvalue weighted by atomic mass is 16.5. The molecule has 2 aromatic heterocycles. The smallest absolute Gasteiger partial charge is 0.255 e. The predicted molar refractivity (Wildman–Crippen MR) is 75.8 cm³/mol. The fraction of sp³-hybridized carbons (Fsp3) is 0.467. The maximum Gasteiger partial charge on any atom is 0.255 e. The highest BCUT2D eigenvalue weighted by Crippen LogP contribution is 2.32. The monoisotopic (exact) mass is 286 g/mol. The molecule has 0 aromatic carbocycles. The van der Waals surface area contributed by atoms with Crippen LogP contribution in [-0.2, 0) is 0 Å². The molecule has 6 heteroatoms. The third-order valence-corrected chi connectivity index (χ3v) is 3.92. The van der Waals surface area contributed by atoms with Gasteiger partial charge in [0.25, 0.3) is 5.91 Å².